The van der Waals surface area contributed by atoms with E-state index in [1.54, 1.807) is 0 Å². The first-order chi connectivity index (χ1) is 8.15. The highest BCUT2D eigenvalue weighted by Gasteiger charge is 2.43. The zero-order valence-electron chi connectivity index (χ0n) is 9.57. The third kappa shape index (κ3) is 1.86. The largest absolute Gasteiger partial charge is 0.388 e. The summed E-state index contributed by atoms with van der Waals surface area (Å²) in [6.45, 7) is 0. The molecule has 0 aromatic heterocycles. The van der Waals surface area contributed by atoms with Crippen LogP contribution < -0.4 is 0 Å². The fourth-order valence-electron chi connectivity index (χ4n) is 3.65. The van der Waals surface area contributed by atoms with Gasteiger partial charge in [0.25, 0.3) is 0 Å². The number of aliphatic hydroxyl groups is 1. The molecule has 0 heterocycles. The molecule has 0 saturated heterocycles. The second kappa shape index (κ2) is 4.05. The highest BCUT2D eigenvalue weighted by Crippen LogP contribution is 2.52. The van der Waals surface area contributed by atoms with Gasteiger partial charge in [0.15, 0.2) is 0 Å². The molecule has 2 saturated carbocycles. The molecule has 2 fully saturated rings. The summed E-state index contributed by atoms with van der Waals surface area (Å²) in [7, 11) is 0. The number of benzene rings is 1. The van der Waals surface area contributed by atoms with E-state index in [0.717, 1.165) is 37.5 Å². The molecule has 1 N–H and O–H groups in total. The maximum Gasteiger partial charge on any atom is 0.129 e. The van der Waals surface area contributed by atoms with E-state index in [0.29, 0.717) is 11.8 Å². The van der Waals surface area contributed by atoms with Crippen molar-refractivity contribution in [2.24, 2.45) is 17.8 Å². The van der Waals surface area contributed by atoms with Crippen molar-refractivity contribution in [2.45, 2.75) is 31.8 Å². The Morgan fingerprint density at radius 1 is 1.18 bits per heavy atom. The molecule has 3 heteroatoms. The Bertz CT molecular complexity index is 432. The number of halogens is 2. The quantitative estimate of drug-likeness (QED) is 0.836. The van der Waals surface area contributed by atoms with Gasteiger partial charge in [0, 0.05) is 5.56 Å². The Labute approximate surface area is 99.5 Å². The van der Waals surface area contributed by atoms with Crippen molar-refractivity contribution in [1.29, 1.82) is 0 Å². The summed E-state index contributed by atoms with van der Waals surface area (Å²) in [4.78, 5) is 0. The highest BCUT2D eigenvalue weighted by molar-refractivity contribution is 5.22. The maximum atomic E-state index is 13.6. The Morgan fingerprint density at radius 3 is 2.65 bits per heavy atom. The Hall–Kier alpha value is -0.960. The molecule has 1 aromatic carbocycles. The van der Waals surface area contributed by atoms with E-state index in [1.165, 1.54) is 6.42 Å². The molecule has 17 heavy (non-hydrogen) atoms. The van der Waals surface area contributed by atoms with Gasteiger partial charge < -0.3 is 5.11 Å². The molecular formula is C14H16F2O. The van der Waals surface area contributed by atoms with E-state index in [4.69, 9.17) is 0 Å². The van der Waals surface area contributed by atoms with Crippen LogP contribution in [0.25, 0.3) is 0 Å². The number of hydrogen-bond acceptors (Lipinski definition) is 1. The summed E-state index contributed by atoms with van der Waals surface area (Å²) >= 11 is 0. The lowest BCUT2D eigenvalue weighted by molar-refractivity contribution is 0.0711. The van der Waals surface area contributed by atoms with Gasteiger partial charge in [-0.25, -0.2) is 8.78 Å². The summed E-state index contributed by atoms with van der Waals surface area (Å²) in [6, 6.07) is 3.32. The predicted molar refractivity (Wildman–Crippen MR) is 60.3 cm³/mol. The standard InChI is InChI=1S/C14H16F2O/c15-10-3-4-13(16)12(7-10)14(17)11-6-8-1-2-9(11)5-8/h3-4,7-9,11,14,17H,1-2,5-6H2. The first kappa shape index (κ1) is 11.1. The minimum Gasteiger partial charge on any atom is -0.388 e. The van der Waals surface area contributed by atoms with Gasteiger partial charge >= 0.3 is 0 Å². The molecule has 3 rings (SSSR count). The van der Waals surface area contributed by atoms with Gasteiger partial charge in [-0.1, -0.05) is 6.42 Å². The molecule has 2 bridgehead atoms. The van der Waals surface area contributed by atoms with Crippen LogP contribution in [0.3, 0.4) is 0 Å². The van der Waals surface area contributed by atoms with Crippen molar-refractivity contribution < 1.29 is 13.9 Å². The van der Waals surface area contributed by atoms with Crippen LogP contribution in [0, 0.1) is 29.4 Å². The summed E-state index contributed by atoms with van der Waals surface area (Å²) in [5, 5.41) is 10.2. The molecule has 2 aliphatic carbocycles. The Kier molecular flexibility index (Phi) is 2.66. The molecule has 4 atom stereocenters. The summed E-state index contributed by atoms with van der Waals surface area (Å²) in [6.07, 6.45) is 3.63. The Balaban J connectivity index is 1.86. The molecule has 4 unspecified atom stereocenters. The third-order valence-corrected chi connectivity index (χ3v) is 4.48. The minimum atomic E-state index is -0.846. The highest BCUT2D eigenvalue weighted by atomic mass is 19.1. The second-order valence-electron chi connectivity index (χ2n) is 5.45. The van der Waals surface area contributed by atoms with Crippen molar-refractivity contribution in [2.75, 3.05) is 0 Å². The first-order valence-electron chi connectivity index (χ1n) is 6.28. The van der Waals surface area contributed by atoms with Crippen molar-refractivity contribution in [1.82, 2.24) is 0 Å². The van der Waals surface area contributed by atoms with E-state index in [1.807, 2.05) is 0 Å². The van der Waals surface area contributed by atoms with Gasteiger partial charge in [0.1, 0.15) is 11.6 Å². The van der Waals surface area contributed by atoms with Crippen LogP contribution in [-0.2, 0) is 0 Å². The molecule has 1 aromatic rings. The maximum absolute atomic E-state index is 13.6. The molecule has 1 nitrogen and oxygen atoms in total. The lowest BCUT2D eigenvalue weighted by atomic mass is 9.82. The van der Waals surface area contributed by atoms with Gasteiger partial charge in [-0.15, -0.1) is 0 Å². The summed E-state index contributed by atoms with van der Waals surface area (Å²) in [5.74, 6) is 0.323. The Morgan fingerprint density at radius 2 is 2.00 bits per heavy atom. The molecule has 92 valence electrons. The molecule has 0 spiro atoms. The van der Waals surface area contributed by atoms with Gasteiger partial charge in [0.2, 0.25) is 0 Å². The normalized spacial score (nSPS) is 33.0. The van der Waals surface area contributed by atoms with Crippen LogP contribution >= 0.6 is 0 Å². The van der Waals surface area contributed by atoms with E-state index in [9.17, 15) is 13.9 Å². The SMILES string of the molecule is OC(c1cc(F)ccc1F)C1CC2CCC1C2. The van der Waals surface area contributed by atoms with Crippen LogP contribution in [0.1, 0.15) is 37.4 Å². The zero-order chi connectivity index (χ0) is 12.0. The second-order valence-corrected chi connectivity index (χ2v) is 5.45. The van der Waals surface area contributed by atoms with Gasteiger partial charge in [-0.2, -0.15) is 0 Å². The minimum absolute atomic E-state index is 0.116. The molecular weight excluding hydrogens is 222 g/mol. The van der Waals surface area contributed by atoms with Gasteiger partial charge in [-0.05, 0) is 55.2 Å². The zero-order valence-corrected chi connectivity index (χ0v) is 9.57. The monoisotopic (exact) mass is 238 g/mol. The van der Waals surface area contributed by atoms with Crippen molar-refractivity contribution in [3.63, 3.8) is 0 Å². The third-order valence-electron chi connectivity index (χ3n) is 4.48. The molecule has 0 aliphatic heterocycles. The lowest BCUT2D eigenvalue weighted by Crippen LogP contribution is -2.20. The topological polar surface area (TPSA) is 20.2 Å². The van der Waals surface area contributed by atoms with E-state index in [-0.39, 0.29) is 11.5 Å². The smallest absolute Gasteiger partial charge is 0.129 e. The van der Waals surface area contributed by atoms with Crippen molar-refractivity contribution in [3.8, 4) is 0 Å². The molecule has 0 radical (unpaired) electrons. The number of hydrogen-bond donors (Lipinski definition) is 1. The van der Waals surface area contributed by atoms with Crippen LogP contribution in [0.5, 0.6) is 0 Å². The van der Waals surface area contributed by atoms with Gasteiger partial charge in [-0.3, -0.25) is 0 Å². The molecule has 0 amide bonds. The van der Waals surface area contributed by atoms with Crippen LogP contribution in [0.15, 0.2) is 18.2 Å². The van der Waals surface area contributed by atoms with Gasteiger partial charge in [0.05, 0.1) is 6.10 Å². The molecule has 2 aliphatic rings. The van der Waals surface area contributed by atoms with E-state index < -0.39 is 17.7 Å². The predicted octanol–water partition coefficient (Wildman–Crippen LogP) is 3.43. The summed E-state index contributed by atoms with van der Waals surface area (Å²) in [5.41, 5.74) is 0.127. The average molecular weight is 238 g/mol. The van der Waals surface area contributed by atoms with Crippen LogP contribution in [0.4, 0.5) is 8.78 Å². The van der Waals surface area contributed by atoms with Crippen molar-refractivity contribution in [3.05, 3.63) is 35.4 Å². The fraction of sp³-hybridized carbons (Fsp3) is 0.571. The van der Waals surface area contributed by atoms with Crippen LogP contribution in [-0.4, -0.2) is 5.11 Å². The number of fused-ring (bicyclic) bond motifs is 2. The lowest BCUT2D eigenvalue weighted by Gasteiger charge is -2.27. The van der Waals surface area contributed by atoms with E-state index >= 15 is 0 Å². The van der Waals surface area contributed by atoms with E-state index in [2.05, 4.69) is 0 Å². The average Bonchev–Trinajstić information content (AvgIpc) is 2.93. The van der Waals surface area contributed by atoms with Crippen LogP contribution in [0.2, 0.25) is 0 Å². The number of aliphatic hydroxyl groups excluding tert-OH is 1. The number of rotatable bonds is 2. The fourth-order valence-corrected chi connectivity index (χ4v) is 3.65. The van der Waals surface area contributed by atoms with Crippen molar-refractivity contribution >= 4 is 0 Å². The first-order valence-corrected chi connectivity index (χ1v) is 6.28. The summed E-state index contributed by atoms with van der Waals surface area (Å²) < 4.78 is 26.7.